The monoisotopic (exact) mass is 1410 g/mol. The first-order chi connectivity index (χ1) is 50.7. The predicted octanol–water partition coefficient (Wildman–Crippen LogP) is 16.4. The van der Waals surface area contributed by atoms with E-state index in [1.165, 1.54) is 140 Å². The topological polar surface area (TPSA) is 132 Å². The number of aryl methyl sites for hydroxylation is 6. The van der Waals surface area contributed by atoms with Crippen molar-refractivity contribution in [1.29, 1.82) is 0 Å². The van der Waals surface area contributed by atoms with Crippen LogP contribution in [-0.2, 0) is 68.3 Å². The largest absolute Gasteiger partial charge is 0.320 e. The molecule has 6 aromatic carbocycles. The molecule has 4 aliphatic rings. The lowest BCUT2D eigenvalue weighted by Crippen LogP contribution is -2.27. The van der Waals surface area contributed by atoms with Crippen molar-refractivity contribution in [1.82, 2.24) is 52.8 Å². The first kappa shape index (κ1) is 71.5. The van der Waals surface area contributed by atoms with E-state index in [1.54, 1.807) is 12.1 Å². The number of likely N-dealkylation sites (N-methyl/N-ethyl adjacent to an activating group) is 4. The summed E-state index contributed by atoms with van der Waals surface area (Å²) in [5.74, 6) is 6.39. The van der Waals surface area contributed by atoms with Crippen LogP contribution in [0.15, 0.2) is 175 Å². The molecule has 0 unspecified atom stereocenters. The quantitative estimate of drug-likeness (QED) is 0.155. The van der Waals surface area contributed by atoms with E-state index >= 15 is 0 Å². The van der Waals surface area contributed by atoms with Crippen LogP contribution in [0.4, 0.5) is 0 Å². The van der Waals surface area contributed by atoms with Gasteiger partial charge in [0.05, 0.1) is 32.5 Å². The molecule has 11 heterocycles. The Morgan fingerprint density at radius 3 is 1.50 bits per heavy atom. The summed E-state index contributed by atoms with van der Waals surface area (Å²) < 4.78 is 31.8. The van der Waals surface area contributed by atoms with Crippen molar-refractivity contribution in [3.05, 3.63) is 271 Å². The molecule has 0 fully saturated rings. The number of primary sulfonamides is 1. The summed E-state index contributed by atoms with van der Waals surface area (Å²) in [5, 5.41) is 11.7. The molecule has 0 spiro atoms. The number of rotatable bonds is 7. The Hall–Kier alpha value is -10.5. The Balaban J connectivity index is 0.000000118. The molecule has 0 amide bonds. The molecular weight excluding hydrogens is 1310 g/mol. The molecule has 532 valence electrons. The van der Waals surface area contributed by atoms with Crippen LogP contribution in [-0.4, -0.2) is 116 Å². The fourth-order valence-electron chi connectivity index (χ4n) is 15.2. The van der Waals surface area contributed by atoms with E-state index in [4.69, 9.17) is 5.14 Å². The zero-order valence-corrected chi connectivity index (χ0v) is 63.3. The fourth-order valence-corrected chi connectivity index (χ4v) is 15.8. The van der Waals surface area contributed by atoms with Gasteiger partial charge in [-0.25, -0.2) is 18.5 Å². The average molecular weight is 1410 g/mol. The van der Waals surface area contributed by atoms with Crippen LogP contribution in [0, 0.1) is 58.5 Å². The van der Waals surface area contributed by atoms with Crippen LogP contribution in [0.5, 0.6) is 0 Å². The number of sulfonamides is 1. The van der Waals surface area contributed by atoms with Crippen molar-refractivity contribution in [2.24, 2.45) is 5.14 Å². The Kier molecular flexibility index (Phi) is 20.9. The van der Waals surface area contributed by atoms with Crippen molar-refractivity contribution < 1.29 is 8.42 Å². The Labute approximate surface area is 618 Å². The predicted molar refractivity (Wildman–Crippen MR) is 433 cm³/mol. The highest BCUT2D eigenvalue weighted by Gasteiger charge is 2.26. The molecule has 15 heteroatoms. The number of pyridine rings is 3. The third kappa shape index (κ3) is 15.7. The van der Waals surface area contributed by atoms with Crippen molar-refractivity contribution in [2.45, 2.75) is 118 Å². The second-order valence-electron chi connectivity index (χ2n) is 29.3. The molecule has 0 bridgehead atoms. The summed E-state index contributed by atoms with van der Waals surface area (Å²) in [4.78, 5) is 23.2. The fraction of sp³-hybridized carbons (Fsp3) is 0.278. The molecule has 0 atom stereocenters. The van der Waals surface area contributed by atoms with Crippen LogP contribution in [0.25, 0.3) is 78.6 Å². The number of hydrogen-bond acceptors (Lipinski definition) is 9. The van der Waals surface area contributed by atoms with E-state index in [0.717, 1.165) is 124 Å². The van der Waals surface area contributed by atoms with Crippen molar-refractivity contribution in [2.75, 3.05) is 54.4 Å². The van der Waals surface area contributed by atoms with Gasteiger partial charge in [0.2, 0.25) is 10.0 Å². The number of benzene rings is 6. The molecule has 13 aromatic rings. The molecule has 2 N–H and O–H groups in total. The number of para-hydroxylation sites is 1. The highest BCUT2D eigenvalue weighted by molar-refractivity contribution is 7.89. The van der Waals surface area contributed by atoms with Gasteiger partial charge in [-0.05, 0) is 236 Å². The molecule has 0 saturated carbocycles. The minimum atomic E-state index is -3.69. The minimum absolute atomic E-state index is 0.0929. The Morgan fingerprint density at radius 1 is 0.495 bits per heavy atom. The van der Waals surface area contributed by atoms with Gasteiger partial charge in [-0.3, -0.25) is 19.1 Å². The molecule has 14 nitrogen and oxygen atoms in total. The maximum Gasteiger partial charge on any atom is 0.238 e. The molecule has 0 saturated heterocycles. The van der Waals surface area contributed by atoms with Crippen LogP contribution in [0.2, 0.25) is 0 Å². The third-order valence-corrected chi connectivity index (χ3v) is 21.8. The number of nitrogens with zero attached hydrogens (tertiary/aromatic N) is 11. The maximum absolute atomic E-state index is 11.4. The lowest BCUT2D eigenvalue weighted by molar-refractivity contribution is 0.311. The van der Waals surface area contributed by atoms with Crippen LogP contribution in [0.1, 0.15) is 121 Å². The van der Waals surface area contributed by atoms with Gasteiger partial charge in [0.15, 0.2) is 0 Å². The zero-order valence-electron chi connectivity index (χ0n) is 62.5. The second kappa shape index (κ2) is 30.7. The highest BCUT2D eigenvalue weighted by Crippen LogP contribution is 2.37. The summed E-state index contributed by atoms with van der Waals surface area (Å²) in [6.07, 6.45) is 18.9. The van der Waals surface area contributed by atoms with Crippen LogP contribution < -0.4 is 5.14 Å². The van der Waals surface area contributed by atoms with Gasteiger partial charge in [0.1, 0.15) is 5.69 Å². The van der Waals surface area contributed by atoms with Gasteiger partial charge in [-0.2, -0.15) is 0 Å². The number of nitrogens with two attached hydrogens (primary N) is 1. The molecule has 105 heavy (non-hydrogen) atoms. The summed E-state index contributed by atoms with van der Waals surface area (Å²) in [5.41, 5.74) is 29.9. The summed E-state index contributed by atoms with van der Waals surface area (Å²) >= 11 is 0. The lowest BCUT2D eigenvalue weighted by atomic mass is 10.0. The van der Waals surface area contributed by atoms with Gasteiger partial charge in [-0.1, -0.05) is 90.2 Å². The molecule has 17 rings (SSSR count). The van der Waals surface area contributed by atoms with E-state index in [1.807, 2.05) is 37.6 Å². The number of aromatic nitrogens is 7. The van der Waals surface area contributed by atoms with Gasteiger partial charge in [-0.15, -0.1) is 0 Å². The molecule has 7 aromatic heterocycles. The van der Waals surface area contributed by atoms with Crippen LogP contribution >= 0.6 is 0 Å². The smallest absolute Gasteiger partial charge is 0.238 e. The number of allylic oxidation sites excluding steroid dienone is 1. The first-order valence-electron chi connectivity index (χ1n) is 36.7. The number of hydrogen-bond donors (Lipinski definition) is 1. The van der Waals surface area contributed by atoms with Crippen molar-refractivity contribution in [3.8, 4) is 23.9 Å². The van der Waals surface area contributed by atoms with E-state index in [-0.39, 0.29) is 4.90 Å². The summed E-state index contributed by atoms with van der Waals surface area (Å²) in [7, 11) is 5.06. The Morgan fingerprint density at radius 2 is 0.981 bits per heavy atom. The molecule has 4 aliphatic heterocycles. The van der Waals surface area contributed by atoms with E-state index < -0.39 is 10.0 Å². The first-order valence-corrected chi connectivity index (χ1v) is 38.3. The Bertz CT molecular complexity index is 5770. The van der Waals surface area contributed by atoms with Crippen LogP contribution in [0.3, 0.4) is 0 Å². The number of fused-ring (bicyclic) bond motifs is 13. The standard InChI is InChI=1S/C24H23N3.C24H29N3.C21H21N3O2S.C21H21N3/c1-17-7-8-23-20(13-17)21-16-26(2)11-10-24(21)27(23)12-9-18-14-19-5-3-4-6-22(19)25-15-18;1-5-6-20-9-8-19(14-25-20)18(3)15-27-23-10-7-17(2)13-21(23)22-16-26(4)12-11-24(22)27;1-15-3-8-20-18(13-15)19-14-23(2)11-10-21(19)24(20)12-9-16-4-6-17(7-5-16)27(22,25)26;1-15-5-7-20-18(12-15)19-14-23(3)10-9-21(19)24(20)11-8-17-6-4-16(2)13-22-17/h3-9,12-15H,10-11,16H2,1-2H3;7-10,13-15H,5-6,11-12,16H2,1-4H3;3-8,13H,10-11,14H2,1-2H3,(H2,22,25,26);4-7,12-13H,9-10,14H2,1-3H3/b12-9+;18-15+;;. The zero-order chi connectivity index (χ0) is 73.2. The van der Waals surface area contributed by atoms with Crippen molar-refractivity contribution in [3.63, 3.8) is 0 Å². The summed E-state index contributed by atoms with van der Waals surface area (Å²) in [6.45, 7) is 23.3. The van der Waals surface area contributed by atoms with Gasteiger partial charge >= 0.3 is 0 Å². The highest BCUT2D eigenvalue weighted by atomic mass is 32.2. The third-order valence-electron chi connectivity index (χ3n) is 20.9. The summed E-state index contributed by atoms with van der Waals surface area (Å²) in [6, 6.07) is 58.6. The van der Waals surface area contributed by atoms with E-state index in [2.05, 4.69) is 280 Å². The van der Waals surface area contributed by atoms with E-state index in [9.17, 15) is 8.42 Å². The van der Waals surface area contributed by atoms with Gasteiger partial charge in [0, 0.05) is 182 Å². The molecular formula is C90H94N12O2S. The minimum Gasteiger partial charge on any atom is -0.320 e. The van der Waals surface area contributed by atoms with Gasteiger partial charge < -0.3 is 28.7 Å². The van der Waals surface area contributed by atoms with Gasteiger partial charge in [0.25, 0.3) is 0 Å². The average Bonchev–Trinajstić information content (AvgIpc) is 1.63. The lowest BCUT2D eigenvalue weighted by Gasteiger charge is -2.23. The second-order valence-corrected chi connectivity index (χ2v) is 30.8. The maximum atomic E-state index is 11.4. The van der Waals surface area contributed by atoms with E-state index in [0.29, 0.717) is 0 Å². The normalized spacial score (nSPS) is 14.8. The van der Waals surface area contributed by atoms with Crippen molar-refractivity contribution >= 4 is 88.6 Å². The SMILES string of the molecule is CCCc1ccc(/C(C)=C/n2c3c(c4cc(C)ccc42)CN(C)CC3)cn1.Cc1ccc(C#Cn2c3c(c4cc(C)ccc42)CN(C)CC3)nc1.Cc1ccc2c(c1)c1c(n2/C=C/c2cnc3ccccc3c2)CCN(C)C1.Cc1ccc2c(c1)c1c(n2C#Cc2ccc(S(N)(=O)=O)cc2)CCN(C)C1. The molecule has 0 aliphatic carbocycles. The molecule has 0 radical (unpaired) electrons.